The van der Waals surface area contributed by atoms with Crippen molar-refractivity contribution in [3.63, 3.8) is 0 Å². The summed E-state index contributed by atoms with van der Waals surface area (Å²) in [7, 11) is 0. The summed E-state index contributed by atoms with van der Waals surface area (Å²) in [5, 5.41) is 9.55. The number of aliphatic hydroxyl groups excluding tert-OH is 1. The van der Waals surface area contributed by atoms with Crippen molar-refractivity contribution in [3.8, 4) is 0 Å². The van der Waals surface area contributed by atoms with Crippen LogP contribution in [0.25, 0.3) is 0 Å². The highest BCUT2D eigenvalue weighted by Crippen LogP contribution is 2.25. The van der Waals surface area contributed by atoms with Crippen molar-refractivity contribution in [2.24, 2.45) is 0 Å². The summed E-state index contributed by atoms with van der Waals surface area (Å²) < 4.78 is 0. The highest BCUT2D eigenvalue weighted by molar-refractivity contribution is 8.03. The van der Waals surface area contributed by atoms with Crippen molar-refractivity contribution in [1.29, 1.82) is 0 Å². The van der Waals surface area contributed by atoms with E-state index in [2.05, 4.69) is 64.5 Å². The van der Waals surface area contributed by atoms with Gasteiger partial charge in [0.2, 0.25) is 0 Å². The number of hydrogen-bond donors (Lipinski definition) is 1. The molecular formula is C19H30N2OS2. The lowest BCUT2D eigenvalue weighted by Gasteiger charge is -2.44. The molecule has 0 amide bonds. The van der Waals surface area contributed by atoms with Gasteiger partial charge in [-0.2, -0.15) is 23.5 Å². The molecule has 2 saturated heterocycles. The number of aryl methyl sites for hydroxylation is 1. The van der Waals surface area contributed by atoms with Crippen LogP contribution in [0.3, 0.4) is 0 Å². The Hall–Kier alpha value is -0.200. The van der Waals surface area contributed by atoms with Crippen molar-refractivity contribution < 1.29 is 5.11 Å². The van der Waals surface area contributed by atoms with Crippen LogP contribution in [0.15, 0.2) is 24.3 Å². The van der Waals surface area contributed by atoms with E-state index < -0.39 is 0 Å². The van der Waals surface area contributed by atoms with E-state index in [1.54, 1.807) is 0 Å². The SMILES string of the molecule is Cc1ccccc1CN1CCN(C2CSCCSC2)CC1CCO. The second-order valence-electron chi connectivity index (χ2n) is 6.86. The second-order valence-corrected chi connectivity index (χ2v) is 9.16. The van der Waals surface area contributed by atoms with Crippen LogP contribution in [-0.2, 0) is 6.54 Å². The monoisotopic (exact) mass is 366 g/mol. The quantitative estimate of drug-likeness (QED) is 0.865. The van der Waals surface area contributed by atoms with Gasteiger partial charge in [0.25, 0.3) is 0 Å². The Morgan fingerprint density at radius 3 is 2.58 bits per heavy atom. The molecule has 5 heteroatoms. The molecule has 1 aromatic rings. The van der Waals surface area contributed by atoms with Crippen molar-refractivity contribution >= 4 is 23.5 Å². The predicted octanol–water partition coefficient (Wildman–Crippen LogP) is 2.71. The molecule has 0 bridgehead atoms. The Morgan fingerprint density at radius 2 is 1.88 bits per heavy atom. The maximum absolute atomic E-state index is 9.55. The third-order valence-electron chi connectivity index (χ3n) is 5.24. The summed E-state index contributed by atoms with van der Waals surface area (Å²) in [4.78, 5) is 5.28. The van der Waals surface area contributed by atoms with Gasteiger partial charge in [0.05, 0.1) is 0 Å². The van der Waals surface area contributed by atoms with Crippen LogP contribution >= 0.6 is 23.5 Å². The molecule has 0 aliphatic carbocycles. The van der Waals surface area contributed by atoms with E-state index >= 15 is 0 Å². The first kappa shape index (κ1) is 18.6. The Morgan fingerprint density at radius 1 is 1.12 bits per heavy atom. The van der Waals surface area contributed by atoms with Crippen LogP contribution in [0.1, 0.15) is 17.5 Å². The number of benzene rings is 1. The zero-order valence-electron chi connectivity index (χ0n) is 14.7. The van der Waals surface area contributed by atoms with E-state index in [9.17, 15) is 5.11 Å². The molecule has 2 aliphatic rings. The number of piperazine rings is 1. The molecular weight excluding hydrogens is 336 g/mol. The third-order valence-corrected chi connectivity index (χ3v) is 7.73. The molecule has 2 fully saturated rings. The highest BCUT2D eigenvalue weighted by atomic mass is 32.2. The lowest BCUT2D eigenvalue weighted by molar-refractivity contribution is 0.0406. The summed E-state index contributed by atoms with van der Waals surface area (Å²) in [6.45, 7) is 6.89. The zero-order valence-corrected chi connectivity index (χ0v) is 16.3. The Balaban J connectivity index is 1.63. The maximum atomic E-state index is 9.55. The average Bonchev–Trinajstić information content (AvgIpc) is 2.88. The van der Waals surface area contributed by atoms with Crippen LogP contribution in [-0.4, -0.2) is 76.2 Å². The number of hydrogen-bond acceptors (Lipinski definition) is 5. The second kappa shape index (κ2) is 9.48. The molecule has 2 aliphatic heterocycles. The normalized spacial score (nSPS) is 24.8. The van der Waals surface area contributed by atoms with E-state index in [0.717, 1.165) is 26.1 Å². The first-order chi connectivity index (χ1) is 11.8. The number of thioether (sulfide) groups is 2. The molecule has 0 radical (unpaired) electrons. The fourth-order valence-corrected chi connectivity index (χ4v) is 6.33. The summed E-state index contributed by atoms with van der Waals surface area (Å²) in [6, 6.07) is 9.89. The highest BCUT2D eigenvalue weighted by Gasteiger charge is 2.31. The van der Waals surface area contributed by atoms with Gasteiger partial charge < -0.3 is 5.11 Å². The summed E-state index contributed by atoms with van der Waals surface area (Å²) >= 11 is 4.22. The summed E-state index contributed by atoms with van der Waals surface area (Å²) in [6.07, 6.45) is 0.884. The largest absolute Gasteiger partial charge is 0.396 e. The Labute approximate surface area is 155 Å². The van der Waals surface area contributed by atoms with Gasteiger partial charge in [0.15, 0.2) is 0 Å². The van der Waals surface area contributed by atoms with E-state index in [1.807, 2.05) is 0 Å². The molecule has 1 aromatic carbocycles. The smallest absolute Gasteiger partial charge is 0.0446 e. The van der Waals surface area contributed by atoms with Crippen molar-refractivity contribution in [2.45, 2.75) is 32.0 Å². The van der Waals surface area contributed by atoms with E-state index in [1.165, 1.54) is 40.7 Å². The Bertz CT molecular complexity index is 506. The maximum Gasteiger partial charge on any atom is 0.0446 e. The zero-order chi connectivity index (χ0) is 16.8. The first-order valence-corrected chi connectivity index (χ1v) is 11.4. The molecule has 3 rings (SSSR count). The van der Waals surface area contributed by atoms with Crippen LogP contribution < -0.4 is 0 Å². The van der Waals surface area contributed by atoms with Crippen molar-refractivity contribution in [1.82, 2.24) is 9.80 Å². The molecule has 0 saturated carbocycles. The minimum Gasteiger partial charge on any atom is -0.396 e. The summed E-state index contributed by atoms with van der Waals surface area (Å²) in [5.41, 5.74) is 2.80. The fourth-order valence-electron chi connectivity index (χ4n) is 3.70. The lowest BCUT2D eigenvalue weighted by atomic mass is 10.0. The molecule has 24 heavy (non-hydrogen) atoms. The summed E-state index contributed by atoms with van der Waals surface area (Å²) in [5.74, 6) is 5.15. The molecule has 134 valence electrons. The third kappa shape index (κ3) is 4.92. The van der Waals surface area contributed by atoms with Gasteiger partial charge in [-0.05, 0) is 24.5 Å². The first-order valence-electron chi connectivity index (χ1n) is 9.07. The molecule has 0 aromatic heterocycles. The molecule has 0 spiro atoms. The van der Waals surface area contributed by atoms with Crippen molar-refractivity contribution in [3.05, 3.63) is 35.4 Å². The van der Waals surface area contributed by atoms with Gasteiger partial charge >= 0.3 is 0 Å². The number of rotatable bonds is 5. The lowest BCUT2D eigenvalue weighted by Crippen LogP contribution is -2.56. The van der Waals surface area contributed by atoms with Crippen LogP contribution in [0.5, 0.6) is 0 Å². The van der Waals surface area contributed by atoms with E-state index in [-0.39, 0.29) is 6.61 Å². The minimum absolute atomic E-state index is 0.289. The average molecular weight is 367 g/mol. The number of nitrogens with zero attached hydrogens (tertiary/aromatic N) is 2. The minimum atomic E-state index is 0.289. The van der Waals surface area contributed by atoms with Gasteiger partial charge in [0, 0.05) is 67.9 Å². The molecule has 1 N–H and O–H groups in total. The van der Waals surface area contributed by atoms with Crippen molar-refractivity contribution in [2.75, 3.05) is 49.3 Å². The van der Waals surface area contributed by atoms with E-state index in [4.69, 9.17) is 0 Å². The van der Waals surface area contributed by atoms with Crippen LogP contribution in [0.2, 0.25) is 0 Å². The molecule has 1 unspecified atom stereocenters. The topological polar surface area (TPSA) is 26.7 Å². The standard InChI is InChI=1S/C19H30N2OS2/c1-16-4-2-3-5-17(16)12-20-7-8-21(13-18(20)6-9-22)19-14-23-10-11-24-15-19/h2-5,18-19,22H,6-15H2,1H3. The van der Waals surface area contributed by atoms with Gasteiger partial charge in [0.1, 0.15) is 0 Å². The van der Waals surface area contributed by atoms with Crippen LogP contribution in [0.4, 0.5) is 0 Å². The van der Waals surface area contributed by atoms with Crippen LogP contribution in [0, 0.1) is 6.92 Å². The fraction of sp³-hybridized carbons (Fsp3) is 0.684. The number of aliphatic hydroxyl groups is 1. The van der Waals surface area contributed by atoms with Gasteiger partial charge in [-0.3, -0.25) is 9.80 Å². The van der Waals surface area contributed by atoms with Gasteiger partial charge in [-0.25, -0.2) is 0 Å². The van der Waals surface area contributed by atoms with Gasteiger partial charge in [-0.1, -0.05) is 24.3 Å². The molecule has 1 atom stereocenters. The molecule has 2 heterocycles. The van der Waals surface area contributed by atoms with E-state index in [0.29, 0.717) is 12.1 Å². The predicted molar refractivity (Wildman–Crippen MR) is 107 cm³/mol. The molecule has 3 nitrogen and oxygen atoms in total. The van der Waals surface area contributed by atoms with Gasteiger partial charge in [-0.15, -0.1) is 0 Å². The Kier molecular flexibility index (Phi) is 7.35.